The van der Waals surface area contributed by atoms with Gasteiger partial charge < -0.3 is 4.90 Å². The maximum absolute atomic E-state index is 9.26. The molecule has 0 atom stereocenters. The molecule has 5 heteroatoms. The number of benzene rings is 1. The number of thioether (sulfide) groups is 1. The molecule has 1 rings (SSSR count). The van der Waals surface area contributed by atoms with E-state index in [2.05, 4.69) is 6.07 Å². The number of hydrogen-bond acceptors (Lipinski definition) is 5. The van der Waals surface area contributed by atoms with Gasteiger partial charge in [-0.2, -0.15) is 15.8 Å². The van der Waals surface area contributed by atoms with Crippen molar-refractivity contribution in [1.82, 2.24) is 0 Å². The summed E-state index contributed by atoms with van der Waals surface area (Å²) >= 11 is 1.58. The van der Waals surface area contributed by atoms with Crippen LogP contribution >= 0.6 is 11.8 Å². The summed E-state index contributed by atoms with van der Waals surface area (Å²) in [7, 11) is 0. The van der Waals surface area contributed by atoms with E-state index in [0.717, 1.165) is 10.6 Å². The molecule has 0 unspecified atom stereocenters. The molecule has 18 heavy (non-hydrogen) atoms. The molecule has 0 N–H and O–H groups in total. The zero-order valence-corrected chi connectivity index (χ0v) is 10.9. The van der Waals surface area contributed by atoms with Gasteiger partial charge in [-0.3, -0.25) is 0 Å². The van der Waals surface area contributed by atoms with Gasteiger partial charge in [0.25, 0.3) is 0 Å². The first-order chi connectivity index (χ1) is 8.78. The highest BCUT2D eigenvalue weighted by Crippen LogP contribution is 2.29. The average molecular weight is 256 g/mol. The maximum atomic E-state index is 9.26. The second-order valence-corrected chi connectivity index (χ2v) is 4.67. The zero-order valence-electron chi connectivity index (χ0n) is 10.1. The van der Waals surface area contributed by atoms with Crippen molar-refractivity contribution in [3.8, 4) is 18.2 Å². The minimum atomic E-state index is 0.0997. The van der Waals surface area contributed by atoms with E-state index in [1.54, 1.807) is 22.7 Å². The van der Waals surface area contributed by atoms with Crippen molar-refractivity contribution >= 4 is 17.4 Å². The van der Waals surface area contributed by atoms with Crippen molar-refractivity contribution in [2.75, 3.05) is 23.7 Å². The van der Waals surface area contributed by atoms with Crippen LogP contribution in [0.2, 0.25) is 0 Å². The molecule has 0 aliphatic rings. The summed E-state index contributed by atoms with van der Waals surface area (Å²) < 4.78 is 0. The van der Waals surface area contributed by atoms with Gasteiger partial charge in [-0.05, 0) is 17.9 Å². The first kappa shape index (κ1) is 13.9. The number of nitriles is 3. The Balaban J connectivity index is 3.22. The first-order valence-corrected chi connectivity index (χ1v) is 6.41. The lowest BCUT2D eigenvalue weighted by molar-refractivity contribution is 0.959. The van der Waals surface area contributed by atoms with Gasteiger partial charge in [-0.1, -0.05) is 13.0 Å². The summed E-state index contributed by atoms with van der Waals surface area (Å²) in [6.07, 6.45) is 0. The minimum Gasteiger partial charge on any atom is -0.344 e. The van der Waals surface area contributed by atoms with Gasteiger partial charge in [0.1, 0.15) is 19.2 Å². The zero-order chi connectivity index (χ0) is 13.4. The van der Waals surface area contributed by atoms with Crippen molar-refractivity contribution in [2.45, 2.75) is 11.8 Å². The topological polar surface area (TPSA) is 74.6 Å². The first-order valence-electron chi connectivity index (χ1n) is 5.43. The molecule has 0 radical (unpaired) electrons. The van der Waals surface area contributed by atoms with E-state index in [1.165, 1.54) is 0 Å². The summed E-state index contributed by atoms with van der Waals surface area (Å²) in [6.45, 7) is 2.21. The third-order valence-electron chi connectivity index (χ3n) is 2.28. The molecular formula is C13H12N4S. The summed E-state index contributed by atoms with van der Waals surface area (Å²) in [4.78, 5) is 2.50. The van der Waals surface area contributed by atoms with Crippen LogP contribution in [0.3, 0.4) is 0 Å². The van der Waals surface area contributed by atoms with Crippen LogP contribution in [0.1, 0.15) is 12.5 Å². The highest BCUT2D eigenvalue weighted by Gasteiger charge is 2.14. The van der Waals surface area contributed by atoms with Crippen molar-refractivity contribution < 1.29 is 0 Å². The van der Waals surface area contributed by atoms with Crippen LogP contribution in [-0.2, 0) is 0 Å². The Labute approximate surface area is 111 Å². The SMILES string of the molecule is CCSc1cccc(N(CC#N)CC#N)c1C#N. The molecule has 90 valence electrons. The second-order valence-electron chi connectivity index (χ2n) is 3.37. The van der Waals surface area contributed by atoms with Gasteiger partial charge >= 0.3 is 0 Å². The number of nitrogens with zero attached hydrogens (tertiary/aromatic N) is 4. The van der Waals surface area contributed by atoms with Gasteiger partial charge in [-0.25, -0.2) is 0 Å². The van der Waals surface area contributed by atoms with Crippen LogP contribution in [-0.4, -0.2) is 18.8 Å². The molecule has 4 nitrogen and oxygen atoms in total. The molecule has 0 heterocycles. The fourth-order valence-electron chi connectivity index (χ4n) is 1.57. The van der Waals surface area contributed by atoms with Crippen LogP contribution < -0.4 is 4.90 Å². The molecule has 0 spiro atoms. The Bertz CT molecular complexity index is 517. The normalized spacial score (nSPS) is 9.00. The molecule has 1 aromatic carbocycles. The fourth-order valence-corrected chi connectivity index (χ4v) is 2.35. The lowest BCUT2D eigenvalue weighted by Gasteiger charge is -2.20. The van der Waals surface area contributed by atoms with Crippen molar-refractivity contribution in [1.29, 1.82) is 15.8 Å². The molecular weight excluding hydrogens is 244 g/mol. The Hall–Kier alpha value is -2.16. The lowest BCUT2D eigenvalue weighted by atomic mass is 10.1. The third-order valence-corrected chi connectivity index (χ3v) is 3.22. The Morgan fingerprint density at radius 3 is 2.33 bits per heavy atom. The molecule has 0 fully saturated rings. The van der Waals surface area contributed by atoms with E-state index < -0.39 is 0 Å². The quantitative estimate of drug-likeness (QED) is 0.597. The van der Waals surface area contributed by atoms with Crippen molar-refractivity contribution in [3.63, 3.8) is 0 Å². The van der Waals surface area contributed by atoms with Crippen LogP contribution in [0.4, 0.5) is 5.69 Å². The van der Waals surface area contributed by atoms with E-state index in [1.807, 2.05) is 31.2 Å². The molecule has 1 aromatic rings. The van der Waals surface area contributed by atoms with Gasteiger partial charge in [0.15, 0.2) is 0 Å². The predicted molar refractivity (Wildman–Crippen MR) is 71.0 cm³/mol. The average Bonchev–Trinajstić information content (AvgIpc) is 2.38. The molecule has 0 saturated carbocycles. The number of anilines is 1. The maximum Gasteiger partial charge on any atom is 0.107 e. The van der Waals surface area contributed by atoms with Crippen LogP contribution in [0.5, 0.6) is 0 Å². The molecule has 0 bridgehead atoms. The summed E-state index contributed by atoms with van der Waals surface area (Å²) in [5.41, 5.74) is 1.19. The van der Waals surface area contributed by atoms with Gasteiger partial charge in [0.05, 0.1) is 23.4 Å². The standard InChI is InChI=1S/C13H12N4S/c1-2-18-13-5-3-4-12(11(13)10-16)17(8-6-14)9-7-15/h3-5H,2,8-9H2,1H3. The van der Waals surface area contributed by atoms with E-state index in [9.17, 15) is 5.26 Å². The Morgan fingerprint density at radius 1 is 1.17 bits per heavy atom. The van der Waals surface area contributed by atoms with E-state index in [4.69, 9.17) is 10.5 Å². The van der Waals surface area contributed by atoms with Crippen LogP contribution in [0, 0.1) is 34.0 Å². The Kier molecular flexibility index (Phi) is 5.58. The van der Waals surface area contributed by atoms with Crippen LogP contribution in [0.15, 0.2) is 23.1 Å². The second kappa shape index (κ2) is 7.22. The summed E-state index contributed by atoms with van der Waals surface area (Å²) in [6, 6.07) is 11.7. The van der Waals surface area contributed by atoms with Gasteiger partial charge in [-0.15, -0.1) is 11.8 Å². The molecule has 0 amide bonds. The molecule has 0 aromatic heterocycles. The molecule has 0 aliphatic heterocycles. The van der Waals surface area contributed by atoms with E-state index >= 15 is 0 Å². The predicted octanol–water partition coefficient (Wildman–Crippen LogP) is 2.52. The largest absolute Gasteiger partial charge is 0.344 e. The highest BCUT2D eigenvalue weighted by atomic mass is 32.2. The Morgan fingerprint density at radius 2 is 1.83 bits per heavy atom. The third kappa shape index (κ3) is 3.17. The molecule has 0 saturated heterocycles. The van der Waals surface area contributed by atoms with Crippen molar-refractivity contribution in [2.24, 2.45) is 0 Å². The number of rotatable bonds is 5. The summed E-state index contributed by atoms with van der Waals surface area (Å²) in [5.74, 6) is 0.870. The van der Waals surface area contributed by atoms with E-state index in [-0.39, 0.29) is 13.1 Å². The number of hydrogen-bond donors (Lipinski definition) is 0. The summed E-state index contributed by atoms with van der Waals surface area (Å²) in [5, 5.41) is 26.8. The highest BCUT2D eigenvalue weighted by molar-refractivity contribution is 7.99. The van der Waals surface area contributed by atoms with E-state index in [0.29, 0.717) is 11.3 Å². The van der Waals surface area contributed by atoms with Crippen LogP contribution in [0.25, 0.3) is 0 Å². The smallest absolute Gasteiger partial charge is 0.107 e. The van der Waals surface area contributed by atoms with Gasteiger partial charge in [0, 0.05) is 4.90 Å². The molecule has 0 aliphatic carbocycles. The lowest BCUT2D eigenvalue weighted by Crippen LogP contribution is -2.24. The monoisotopic (exact) mass is 256 g/mol. The fraction of sp³-hybridized carbons (Fsp3) is 0.308. The van der Waals surface area contributed by atoms with Crippen molar-refractivity contribution in [3.05, 3.63) is 23.8 Å². The van der Waals surface area contributed by atoms with Gasteiger partial charge in [0.2, 0.25) is 0 Å². The minimum absolute atomic E-state index is 0.0997.